The summed E-state index contributed by atoms with van der Waals surface area (Å²) in [5, 5.41) is 13.7. The van der Waals surface area contributed by atoms with Crippen LogP contribution in [0, 0.1) is 0 Å². The van der Waals surface area contributed by atoms with Crippen molar-refractivity contribution in [2.24, 2.45) is 0 Å². The molecule has 3 heterocycles. The van der Waals surface area contributed by atoms with Crippen molar-refractivity contribution in [3.8, 4) is 0 Å². The SMILES string of the molecule is CC(C)c1nnc(NC(=O)c2cc3sc4ccccc4c3s2)s1. The number of nitrogens with zero attached hydrogens (tertiary/aromatic N) is 2. The van der Waals surface area contributed by atoms with E-state index in [0.717, 1.165) is 9.71 Å². The second-order valence-electron chi connectivity index (χ2n) is 5.46. The van der Waals surface area contributed by atoms with Crippen molar-refractivity contribution in [3.05, 3.63) is 40.2 Å². The van der Waals surface area contributed by atoms with Crippen molar-refractivity contribution in [1.82, 2.24) is 10.2 Å². The number of aromatic nitrogens is 2. The zero-order valence-electron chi connectivity index (χ0n) is 12.5. The molecule has 1 N–H and O–H groups in total. The fourth-order valence-corrected chi connectivity index (χ4v) is 5.45. The third kappa shape index (κ3) is 2.65. The molecule has 1 amide bonds. The van der Waals surface area contributed by atoms with Crippen LogP contribution in [0.4, 0.5) is 5.13 Å². The molecule has 0 unspecified atom stereocenters. The van der Waals surface area contributed by atoms with Crippen LogP contribution >= 0.6 is 34.0 Å². The summed E-state index contributed by atoms with van der Waals surface area (Å²) in [4.78, 5) is 13.1. The lowest BCUT2D eigenvalue weighted by atomic mass is 10.2. The third-order valence-electron chi connectivity index (χ3n) is 3.43. The van der Waals surface area contributed by atoms with Crippen molar-refractivity contribution in [1.29, 1.82) is 0 Å². The van der Waals surface area contributed by atoms with Gasteiger partial charge in [-0.2, -0.15) is 0 Å². The van der Waals surface area contributed by atoms with Crippen LogP contribution in [0.1, 0.15) is 34.4 Å². The highest BCUT2D eigenvalue weighted by Gasteiger charge is 2.16. The van der Waals surface area contributed by atoms with E-state index in [2.05, 4.69) is 41.5 Å². The van der Waals surface area contributed by atoms with E-state index in [-0.39, 0.29) is 5.91 Å². The quantitative estimate of drug-likeness (QED) is 0.537. The molecule has 0 saturated heterocycles. The highest BCUT2D eigenvalue weighted by atomic mass is 32.1. The van der Waals surface area contributed by atoms with Gasteiger partial charge in [0.2, 0.25) is 5.13 Å². The minimum absolute atomic E-state index is 0.117. The number of carbonyl (C=O) groups is 1. The molecule has 4 aromatic rings. The number of hydrogen-bond acceptors (Lipinski definition) is 6. The van der Waals surface area contributed by atoms with Gasteiger partial charge in [0.15, 0.2) is 0 Å². The lowest BCUT2D eigenvalue weighted by Crippen LogP contribution is -2.09. The second kappa shape index (κ2) is 5.67. The monoisotopic (exact) mass is 359 g/mol. The summed E-state index contributed by atoms with van der Waals surface area (Å²) in [6.45, 7) is 4.12. The summed E-state index contributed by atoms with van der Waals surface area (Å²) in [5.74, 6) is 0.200. The second-order valence-corrected chi connectivity index (χ2v) is 8.60. The summed E-state index contributed by atoms with van der Waals surface area (Å²) in [7, 11) is 0. The summed E-state index contributed by atoms with van der Waals surface area (Å²) in [5.41, 5.74) is 0. The Morgan fingerprint density at radius 1 is 1.09 bits per heavy atom. The summed E-state index contributed by atoms with van der Waals surface area (Å²) < 4.78 is 3.59. The Kier molecular flexibility index (Phi) is 3.63. The van der Waals surface area contributed by atoms with Gasteiger partial charge < -0.3 is 0 Å². The summed E-state index contributed by atoms with van der Waals surface area (Å²) in [6.07, 6.45) is 0. The molecule has 0 radical (unpaired) electrons. The number of hydrogen-bond donors (Lipinski definition) is 1. The molecule has 0 aliphatic heterocycles. The lowest BCUT2D eigenvalue weighted by molar-refractivity contribution is 0.103. The van der Waals surface area contributed by atoms with Gasteiger partial charge in [-0.3, -0.25) is 10.1 Å². The first-order valence-corrected chi connectivity index (χ1v) is 9.62. The number of benzene rings is 1. The maximum Gasteiger partial charge on any atom is 0.267 e. The first-order chi connectivity index (χ1) is 11.1. The van der Waals surface area contributed by atoms with Crippen LogP contribution in [-0.4, -0.2) is 16.1 Å². The summed E-state index contributed by atoms with van der Waals surface area (Å²) in [6, 6.07) is 10.2. The molecule has 0 atom stereocenters. The van der Waals surface area contributed by atoms with Crippen molar-refractivity contribution in [2.75, 3.05) is 5.32 Å². The Hall–Kier alpha value is -1.83. The molecule has 4 rings (SSSR count). The third-order valence-corrected chi connectivity index (χ3v) is 6.98. The van der Waals surface area contributed by atoms with Crippen LogP contribution in [0.5, 0.6) is 0 Å². The molecular formula is C16H13N3OS3. The average molecular weight is 360 g/mol. The molecule has 0 aliphatic carbocycles. The van der Waals surface area contributed by atoms with Crippen LogP contribution in [0.25, 0.3) is 19.5 Å². The van der Waals surface area contributed by atoms with Crippen LogP contribution in [0.3, 0.4) is 0 Å². The van der Waals surface area contributed by atoms with Crippen LogP contribution < -0.4 is 5.32 Å². The number of anilines is 1. The molecule has 0 bridgehead atoms. The normalized spacial score (nSPS) is 11.6. The number of thiophene rings is 2. The van der Waals surface area contributed by atoms with Gasteiger partial charge in [0, 0.05) is 20.7 Å². The van der Waals surface area contributed by atoms with Crippen molar-refractivity contribution in [2.45, 2.75) is 19.8 Å². The molecule has 1 aromatic carbocycles. The highest BCUT2D eigenvalue weighted by Crippen LogP contribution is 2.39. The minimum Gasteiger partial charge on any atom is -0.296 e. The van der Waals surface area contributed by atoms with Crippen molar-refractivity contribution in [3.63, 3.8) is 0 Å². The Labute approximate surface area is 144 Å². The van der Waals surface area contributed by atoms with Crippen LogP contribution in [0.2, 0.25) is 0 Å². The number of nitrogens with one attached hydrogen (secondary N) is 1. The van der Waals surface area contributed by atoms with Crippen molar-refractivity contribution < 1.29 is 4.79 Å². The molecule has 0 fully saturated rings. The zero-order chi connectivity index (χ0) is 16.0. The van der Waals surface area contributed by atoms with E-state index in [1.807, 2.05) is 18.2 Å². The summed E-state index contributed by atoms with van der Waals surface area (Å²) >= 11 is 4.68. The van der Waals surface area contributed by atoms with E-state index >= 15 is 0 Å². The number of rotatable bonds is 3. The van der Waals surface area contributed by atoms with Gasteiger partial charge in [0.1, 0.15) is 5.01 Å². The molecule has 4 nitrogen and oxygen atoms in total. The van der Waals surface area contributed by atoms with E-state index in [0.29, 0.717) is 15.9 Å². The topological polar surface area (TPSA) is 54.9 Å². The number of amides is 1. The predicted octanol–water partition coefficient (Wildman–Crippen LogP) is 5.34. The Balaban J connectivity index is 1.63. The van der Waals surface area contributed by atoms with Gasteiger partial charge in [-0.05, 0) is 12.1 Å². The molecular weight excluding hydrogens is 346 g/mol. The van der Waals surface area contributed by atoms with E-state index in [4.69, 9.17) is 0 Å². The lowest BCUT2D eigenvalue weighted by Gasteiger charge is -1.97. The Morgan fingerprint density at radius 2 is 1.91 bits per heavy atom. The number of carbonyl (C=O) groups excluding carboxylic acids is 1. The Morgan fingerprint density at radius 3 is 2.70 bits per heavy atom. The minimum atomic E-state index is -0.117. The fourth-order valence-electron chi connectivity index (χ4n) is 2.29. The molecule has 0 spiro atoms. The van der Waals surface area contributed by atoms with Crippen LogP contribution in [0.15, 0.2) is 30.3 Å². The van der Waals surface area contributed by atoms with Gasteiger partial charge in [-0.1, -0.05) is 43.4 Å². The molecule has 3 aromatic heterocycles. The maximum absolute atomic E-state index is 12.4. The van der Waals surface area contributed by atoms with E-state index in [1.165, 1.54) is 37.5 Å². The molecule has 0 aliphatic rings. The van der Waals surface area contributed by atoms with Gasteiger partial charge in [-0.25, -0.2) is 0 Å². The van der Waals surface area contributed by atoms with E-state index < -0.39 is 0 Å². The number of fused-ring (bicyclic) bond motifs is 3. The van der Waals surface area contributed by atoms with Crippen molar-refractivity contribution >= 4 is 64.5 Å². The molecule has 7 heteroatoms. The van der Waals surface area contributed by atoms with Gasteiger partial charge in [0.05, 0.1) is 9.58 Å². The largest absolute Gasteiger partial charge is 0.296 e. The highest BCUT2D eigenvalue weighted by molar-refractivity contribution is 7.33. The van der Waals surface area contributed by atoms with Gasteiger partial charge in [0.25, 0.3) is 5.91 Å². The van der Waals surface area contributed by atoms with Gasteiger partial charge >= 0.3 is 0 Å². The van der Waals surface area contributed by atoms with E-state index in [1.54, 1.807) is 11.3 Å². The predicted molar refractivity (Wildman–Crippen MR) is 99.2 cm³/mol. The first-order valence-electron chi connectivity index (χ1n) is 7.17. The standard InChI is InChI=1S/C16H13N3OS3/c1-8(2)15-18-19-16(23-15)17-14(20)12-7-11-13(22-12)9-5-3-4-6-10(9)21-11/h3-8H,1-2H3,(H,17,19,20). The maximum atomic E-state index is 12.4. The first kappa shape index (κ1) is 14.7. The van der Waals surface area contributed by atoms with Crippen LogP contribution in [-0.2, 0) is 0 Å². The smallest absolute Gasteiger partial charge is 0.267 e. The van der Waals surface area contributed by atoms with Gasteiger partial charge in [-0.15, -0.1) is 32.9 Å². The molecule has 0 saturated carbocycles. The van der Waals surface area contributed by atoms with E-state index in [9.17, 15) is 4.79 Å². The fraction of sp³-hybridized carbons (Fsp3) is 0.188. The Bertz CT molecular complexity index is 1010. The average Bonchev–Trinajstić information content (AvgIpc) is 3.20. The molecule has 116 valence electrons. The molecule has 23 heavy (non-hydrogen) atoms. The zero-order valence-corrected chi connectivity index (χ0v) is 14.9.